The Morgan fingerprint density at radius 3 is 2.58 bits per heavy atom. The summed E-state index contributed by atoms with van der Waals surface area (Å²) in [5.74, 6) is -1.90. The van der Waals surface area contributed by atoms with E-state index in [4.69, 9.17) is 0 Å². The molecular weight excluding hydrogens is 250 g/mol. The minimum atomic E-state index is -1.53. The van der Waals surface area contributed by atoms with Gasteiger partial charge in [0, 0.05) is 0 Å². The Balaban J connectivity index is 2.25. The van der Waals surface area contributed by atoms with E-state index in [9.17, 15) is 19.5 Å². The van der Waals surface area contributed by atoms with Crippen molar-refractivity contribution in [2.45, 2.75) is 13.0 Å². The molecule has 1 heterocycles. The van der Waals surface area contributed by atoms with Crippen LogP contribution >= 0.6 is 0 Å². The maximum Gasteiger partial charge on any atom is 0.336 e. The van der Waals surface area contributed by atoms with Gasteiger partial charge in [0.25, 0.3) is 11.8 Å². The number of esters is 1. The first-order valence-corrected chi connectivity index (χ1v) is 5.68. The molecular formula is C13H13NO5. The molecule has 1 N–H and O–H groups in total. The SMILES string of the molecule is COC(=O)C(O)CN1C(=O)c2ccc(C)cc2C1=O. The van der Waals surface area contributed by atoms with Crippen LogP contribution in [-0.2, 0) is 9.53 Å². The fourth-order valence-electron chi connectivity index (χ4n) is 1.95. The van der Waals surface area contributed by atoms with E-state index >= 15 is 0 Å². The minimum Gasteiger partial charge on any atom is -0.467 e. The predicted molar refractivity (Wildman–Crippen MR) is 64.6 cm³/mol. The average molecular weight is 263 g/mol. The topological polar surface area (TPSA) is 83.9 Å². The van der Waals surface area contributed by atoms with Gasteiger partial charge in [-0.1, -0.05) is 11.6 Å². The first kappa shape index (κ1) is 13.2. The van der Waals surface area contributed by atoms with Crippen molar-refractivity contribution < 1.29 is 24.2 Å². The molecule has 6 heteroatoms. The first-order chi connectivity index (χ1) is 8.95. The normalized spacial score (nSPS) is 15.4. The average Bonchev–Trinajstić information content (AvgIpc) is 2.62. The van der Waals surface area contributed by atoms with E-state index < -0.39 is 30.4 Å². The number of hydrogen-bond acceptors (Lipinski definition) is 5. The van der Waals surface area contributed by atoms with Crippen LogP contribution in [-0.4, -0.2) is 47.5 Å². The molecule has 100 valence electrons. The van der Waals surface area contributed by atoms with Crippen molar-refractivity contribution in [3.8, 4) is 0 Å². The van der Waals surface area contributed by atoms with Gasteiger partial charge >= 0.3 is 5.97 Å². The first-order valence-electron chi connectivity index (χ1n) is 5.68. The second-order valence-corrected chi connectivity index (χ2v) is 4.31. The minimum absolute atomic E-state index is 0.285. The number of benzene rings is 1. The molecule has 0 saturated carbocycles. The monoisotopic (exact) mass is 263 g/mol. The molecule has 1 aliphatic rings. The van der Waals surface area contributed by atoms with E-state index in [1.54, 1.807) is 18.2 Å². The number of carbonyl (C=O) groups is 3. The number of fused-ring (bicyclic) bond motifs is 1. The second-order valence-electron chi connectivity index (χ2n) is 4.31. The van der Waals surface area contributed by atoms with Gasteiger partial charge in [-0.15, -0.1) is 0 Å². The van der Waals surface area contributed by atoms with Gasteiger partial charge in [0.1, 0.15) is 0 Å². The van der Waals surface area contributed by atoms with Crippen molar-refractivity contribution in [1.29, 1.82) is 0 Å². The summed E-state index contributed by atoms with van der Waals surface area (Å²) in [4.78, 5) is 36.0. The van der Waals surface area contributed by atoms with Gasteiger partial charge in [0.05, 0.1) is 24.8 Å². The number of ether oxygens (including phenoxy) is 1. The van der Waals surface area contributed by atoms with Crippen LogP contribution in [0.1, 0.15) is 26.3 Å². The number of nitrogens with zero attached hydrogens (tertiary/aromatic N) is 1. The lowest BCUT2D eigenvalue weighted by atomic mass is 10.1. The number of methoxy groups -OCH3 is 1. The van der Waals surface area contributed by atoms with Crippen LogP contribution in [0.3, 0.4) is 0 Å². The Bertz CT molecular complexity index is 566. The lowest BCUT2D eigenvalue weighted by molar-refractivity contribution is -0.150. The van der Waals surface area contributed by atoms with Crippen LogP contribution in [0.25, 0.3) is 0 Å². The van der Waals surface area contributed by atoms with Crippen molar-refractivity contribution in [2.24, 2.45) is 0 Å². The van der Waals surface area contributed by atoms with Crippen LogP contribution in [0.4, 0.5) is 0 Å². The van der Waals surface area contributed by atoms with Gasteiger partial charge in [-0.05, 0) is 19.1 Å². The Morgan fingerprint density at radius 1 is 1.32 bits per heavy atom. The van der Waals surface area contributed by atoms with Crippen molar-refractivity contribution >= 4 is 17.8 Å². The Kier molecular flexibility index (Phi) is 3.35. The molecule has 0 radical (unpaired) electrons. The number of hydrogen-bond donors (Lipinski definition) is 1. The second kappa shape index (κ2) is 4.81. The van der Waals surface area contributed by atoms with E-state index in [-0.39, 0.29) is 5.56 Å². The molecule has 0 fully saturated rings. The Morgan fingerprint density at radius 2 is 1.95 bits per heavy atom. The fraction of sp³-hybridized carbons (Fsp3) is 0.308. The number of aliphatic hydroxyl groups is 1. The van der Waals surface area contributed by atoms with Gasteiger partial charge in [-0.25, -0.2) is 4.79 Å². The number of aliphatic hydroxyl groups excluding tert-OH is 1. The maximum absolute atomic E-state index is 12.0. The standard InChI is InChI=1S/C13H13NO5/c1-7-3-4-8-9(5-7)12(17)14(11(8)16)6-10(15)13(18)19-2/h3-5,10,15H,6H2,1-2H3. The highest BCUT2D eigenvalue weighted by Crippen LogP contribution is 2.24. The quantitative estimate of drug-likeness (QED) is 0.618. The van der Waals surface area contributed by atoms with Crippen molar-refractivity contribution in [3.05, 3.63) is 34.9 Å². The zero-order valence-corrected chi connectivity index (χ0v) is 10.5. The molecule has 1 aromatic rings. The van der Waals surface area contributed by atoms with Gasteiger partial charge in [0.15, 0.2) is 6.10 Å². The molecule has 1 aromatic carbocycles. The van der Waals surface area contributed by atoms with Gasteiger partial charge in [-0.2, -0.15) is 0 Å². The highest BCUT2D eigenvalue weighted by atomic mass is 16.5. The zero-order chi connectivity index (χ0) is 14.2. The molecule has 1 atom stereocenters. The summed E-state index contributed by atoms with van der Waals surface area (Å²) < 4.78 is 4.35. The maximum atomic E-state index is 12.0. The number of β-amino-alcohol motifs (C(OH)–C–C–N with tert-alkyl or cyclic N) is 1. The van der Waals surface area contributed by atoms with E-state index in [1.807, 2.05) is 6.92 Å². The highest BCUT2D eigenvalue weighted by molar-refractivity contribution is 6.21. The predicted octanol–water partition coefficient (Wildman–Crippen LogP) is 0.125. The molecule has 0 spiro atoms. The molecule has 0 aromatic heterocycles. The number of imide groups is 1. The van der Waals surface area contributed by atoms with Crippen molar-refractivity contribution in [2.75, 3.05) is 13.7 Å². The van der Waals surface area contributed by atoms with E-state index in [2.05, 4.69) is 4.74 Å². The summed E-state index contributed by atoms with van der Waals surface area (Å²) in [5.41, 5.74) is 1.44. The molecule has 1 unspecified atom stereocenters. The summed E-state index contributed by atoms with van der Waals surface area (Å²) in [5, 5.41) is 9.53. The fourth-order valence-corrected chi connectivity index (χ4v) is 1.95. The third kappa shape index (κ3) is 2.22. The smallest absolute Gasteiger partial charge is 0.336 e. The van der Waals surface area contributed by atoms with Crippen LogP contribution in [0.15, 0.2) is 18.2 Å². The molecule has 0 bridgehead atoms. The Hall–Kier alpha value is -2.21. The van der Waals surface area contributed by atoms with Crippen LogP contribution in [0.5, 0.6) is 0 Å². The molecule has 0 saturated heterocycles. The summed E-state index contributed by atoms with van der Waals surface area (Å²) in [6, 6.07) is 4.90. The van der Waals surface area contributed by atoms with Gasteiger partial charge in [-0.3, -0.25) is 14.5 Å². The zero-order valence-electron chi connectivity index (χ0n) is 10.5. The number of amides is 2. The largest absolute Gasteiger partial charge is 0.467 e. The third-order valence-electron chi connectivity index (χ3n) is 2.95. The number of aryl methyl sites for hydroxylation is 1. The van der Waals surface area contributed by atoms with Gasteiger partial charge in [0.2, 0.25) is 0 Å². The molecule has 6 nitrogen and oxygen atoms in total. The highest BCUT2D eigenvalue weighted by Gasteiger charge is 2.37. The van der Waals surface area contributed by atoms with Crippen molar-refractivity contribution in [3.63, 3.8) is 0 Å². The third-order valence-corrected chi connectivity index (χ3v) is 2.95. The number of rotatable bonds is 3. The molecule has 2 rings (SSSR count). The van der Waals surface area contributed by atoms with E-state index in [0.717, 1.165) is 17.6 Å². The summed E-state index contributed by atoms with van der Waals surface area (Å²) in [6.45, 7) is 1.40. The summed E-state index contributed by atoms with van der Waals surface area (Å²) >= 11 is 0. The van der Waals surface area contributed by atoms with E-state index in [0.29, 0.717) is 5.56 Å². The van der Waals surface area contributed by atoms with Crippen LogP contribution < -0.4 is 0 Å². The van der Waals surface area contributed by atoms with Crippen LogP contribution in [0.2, 0.25) is 0 Å². The summed E-state index contributed by atoms with van der Waals surface area (Å²) in [7, 11) is 1.12. The van der Waals surface area contributed by atoms with Crippen molar-refractivity contribution in [1.82, 2.24) is 4.90 Å². The molecule has 0 aliphatic carbocycles. The molecule has 2 amide bonds. The summed E-state index contributed by atoms with van der Waals surface area (Å²) in [6.07, 6.45) is -1.53. The Labute approximate surface area is 109 Å². The van der Waals surface area contributed by atoms with Gasteiger partial charge < -0.3 is 9.84 Å². The molecule has 1 aliphatic heterocycles. The van der Waals surface area contributed by atoms with Crippen LogP contribution in [0, 0.1) is 6.92 Å². The number of carbonyl (C=O) groups excluding carboxylic acids is 3. The molecule has 19 heavy (non-hydrogen) atoms. The lowest BCUT2D eigenvalue weighted by Gasteiger charge is -2.16. The van der Waals surface area contributed by atoms with E-state index in [1.165, 1.54) is 0 Å². The lowest BCUT2D eigenvalue weighted by Crippen LogP contribution is -2.40.